The van der Waals surface area contributed by atoms with E-state index in [1.165, 1.54) is 31.7 Å². The number of methoxy groups -OCH3 is 1. The van der Waals surface area contributed by atoms with Crippen LogP contribution in [0.25, 0.3) is 0 Å². The first-order valence-corrected chi connectivity index (χ1v) is 10.6. The highest BCUT2D eigenvalue weighted by Gasteiger charge is 2.34. The highest BCUT2D eigenvalue weighted by Crippen LogP contribution is 2.42. The molecule has 2 aromatic rings. The van der Waals surface area contributed by atoms with Crippen LogP contribution < -0.4 is 15.5 Å². The van der Waals surface area contributed by atoms with E-state index in [-0.39, 0.29) is 17.3 Å². The number of benzene rings is 2. The molecule has 2 aromatic carbocycles. The van der Waals surface area contributed by atoms with E-state index in [1.54, 1.807) is 42.5 Å². The largest absolute Gasteiger partial charge is 0.504 e. The number of aromatic hydroxyl groups is 1. The van der Waals surface area contributed by atoms with Gasteiger partial charge >= 0.3 is 6.09 Å². The molecule has 0 heterocycles. The standard InChI is InChI=1S/C25H30N2O7/c1-16(28)17-8-11-19(12-9-17)26-24(31)34-23(18-10-13-21(33-4)20(29)15-18)25(2,3)14-6-5-7-22(30)27-32/h5,7-13,15,23,29,32H,6,14H2,1-4H3,(H,26,31)(H,27,30)/b7-5+/t23-/m1/s1. The number of ketones is 1. The van der Waals surface area contributed by atoms with Crippen molar-refractivity contribution >= 4 is 23.5 Å². The lowest BCUT2D eigenvalue weighted by Crippen LogP contribution is -2.29. The minimum Gasteiger partial charge on any atom is -0.504 e. The number of amides is 2. The van der Waals surface area contributed by atoms with Crippen molar-refractivity contribution in [1.82, 2.24) is 5.48 Å². The predicted octanol–water partition coefficient (Wildman–Crippen LogP) is 4.76. The van der Waals surface area contributed by atoms with Gasteiger partial charge in [0, 0.05) is 22.7 Å². The Bertz CT molecular complexity index is 1050. The molecule has 0 aliphatic rings. The van der Waals surface area contributed by atoms with Crippen LogP contribution in [0.15, 0.2) is 54.6 Å². The molecular weight excluding hydrogens is 440 g/mol. The maximum Gasteiger partial charge on any atom is 0.412 e. The highest BCUT2D eigenvalue weighted by molar-refractivity contribution is 5.95. The van der Waals surface area contributed by atoms with Crippen molar-refractivity contribution < 1.29 is 34.2 Å². The van der Waals surface area contributed by atoms with Crippen molar-refractivity contribution in [1.29, 1.82) is 0 Å². The molecule has 2 amide bonds. The van der Waals surface area contributed by atoms with Crippen molar-refractivity contribution in [2.45, 2.75) is 39.7 Å². The Kier molecular flexibility index (Phi) is 9.20. The van der Waals surface area contributed by atoms with Gasteiger partial charge in [0.2, 0.25) is 0 Å². The van der Waals surface area contributed by atoms with Crippen LogP contribution in [-0.2, 0) is 9.53 Å². The fourth-order valence-corrected chi connectivity index (χ4v) is 3.41. The first-order chi connectivity index (χ1) is 16.1. The van der Waals surface area contributed by atoms with Gasteiger partial charge in [-0.3, -0.25) is 20.1 Å². The van der Waals surface area contributed by atoms with Crippen LogP contribution in [0.5, 0.6) is 11.5 Å². The molecule has 0 aliphatic heterocycles. The van der Waals surface area contributed by atoms with Gasteiger partial charge in [-0.15, -0.1) is 0 Å². The van der Waals surface area contributed by atoms with Crippen molar-refractivity contribution in [3.63, 3.8) is 0 Å². The van der Waals surface area contributed by atoms with E-state index in [2.05, 4.69) is 5.32 Å². The summed E-state index contributed by atoms with van der Waals surface area (Å²) >= 11 is 0. The van der Waals surface area contributed by atoms with E-state index in [1.807, 2.05) is 13.8 Å². The summed E-state index contributed by atoms with van der Waals surface area (Å²) in [6.07, 6.45) is 2.33. The summed E-state index contributed by atoms with van der Waals surface area (Å²) in [5.41, 5.74) is 2.45. The zero-order valence-corrected chi connectivity index (χ0v) is 19.6. The molecule has 1 atom stereocenters. The molecule has 182 valence electrons. The molecule has 0 saturated carbocycles. The third-order valence-electron chi connectivity index (χ3n) is 5.31. The molecule has 9 heteroatoms. The van der Waals surface area contributed by atoms with E-state index in [9.17, 15) is 19.5 Å². The summed E-state index contributed by atoms with van der Waals surface area (Å²) in [7, 11) is 1.44. The molecule has 0 aliphatic carbocycles. The number of phenolic OH excluding ortho intramolecular Hbond substituents is 1. The number of ether oxygens (including phenoxy) is 2. The Morgan fingerprint density at radius 1 is 1.12 bits per heavy atom. The van der Waals surface area contributed by atoms with E-state index >= 15 is 0 Å². The fourth-order valence-electron chi connectivity index (χ4n) is 3.41. The topological polar surface area (TPSA) is 134 Å². The van der Waals surface area contributed by atoms with Crippen LogP contribution in [0.2, 0.25) is 0 Å². The van der Waals surface area contributed by atoms with Gasteiger partial charge < -0.3 is 14.6 Å². The van der Waals surface area contributed by atoms with Crippen LogP contribution in [-0.4, -0.2) is 35.2 Å². The summed E-state index contributed by atoms with van der Waals surface area (Å²) in [6, 6.07) is 11.2. The number of carbonyl (C=O) groups is 3. The SMILES string of the molecule is COc1ccc([C@@H](OC(=O)Nc2ccc(C(C)=O)cc2)C(C)(C)CC/C=C/C(=O)NO)cc1O. The van der Waals surface area contributed by atoms with Gasteiger partial charge in [-0.1, -0.05) is 26.0 Å². The van der Waals surface area contributed by atoms with Crippen LogP contribution in [0.1, 0.15) is 55.6 Å². The second-order valence-corrected chi connectivity index (χ2v) is 8.38. The van der Waals surface area contributed by atoms with E-state index in [4.69, 9.17) is 14.7 Å². The lowest BCUT2D eigenvalue weighted by atomic mass is 9.78. The van der Waals surface area contributed by atoms with Crippen LogP contribution in [0.3, 0.4) is 0 Å². The van der Waals surface area contributed by atoms with Gasteiger partial charge in [0.05, 0.1) is 7.11 Å². The number of hydrogen-bond acceptors (Lipinski definition) is 7. The Balaban J connectivity index is 2.24. The number of carbonyl (C=O) groups excluding carboxylic acids is 3. The van der Waals surface area contributed by atoms with Gasteiger partial charge in [-0.25, -0.2) is 10.3 Å². The lowest BCUT2D eigenvalue weighted by Gasteiger charge is -2.34. The first-order valence-electron chi connectivity index (χ1n) is 10.6. The molecule has 0 aromatic heterocycles. The number of allylic oxidation sites excluding steroid dienone is 1. The summed E-state index contributed by atoms with van der Waals surface area (Å²) < 4.78 is 10.9. The maximum absolute atomic E-state index is 12.7. The van der Waals surface area contributed by atoms with Crippen molar-refractivity contribution in [3.8, 4) is 11.5 Å². The smallest absolute Gasteiger partial charge is 0.412 e. The number of rotatable bonds is 10. The summed E-state index contributed by atoms with van der Waals surface area (Å²) in [5.74, 6) is -0.529. The monoisotopic (exact) mass is 470 g/mol. The van der Waals surface area contributed by atoms with Crippen LogP contribution in [0.4, 0.5) is 10.5 Å². The molecule has 0 unspecified atom stereocenters. The quantitative estimate of drug-likeness (QED) is 0.170. The van der Waals surface area contributed by atoms with Gasteiger partial charge in [-0.05, 0) is 61.7 Å². The molecule has 9 nitrogen and oxygen atoms in total. The predicted molar refractivity (Wildman–Crippen MR) is 126 cm³/mol. The third-order valence-corrected chi connectivity index (χ3v) is 5.31. The van der Waals surface area contributed by atoms with Gasteiger partial charge in [0.25, 0.3) is 5.91 Å². The number of phenols is 1. The summed E-state index contributed by atoms with van der Waals surface area (Å²) in [6.45, 7) is 5.25. The number of nitrogens with one attached hydrogen (secondary N) is 2. The number of anilines is 1. The average Bonchev–Trinajstić information content (AvgIpc) is 2.80. The lowest BCUT2D eigenvalue weighted by molar-refractivity contribution is -0.124. The highest BCUT2D eigenvalue weighted by atomic mass is 16.6. The van der Waals surface area contributed by atoms with E-state index in [0.29, 0.717) is 29.7 Å². The zero-order valence-electron chi connectivity index (χ0n) is 19.6. The van der Waals surface area contributed by atoms with Crippen molar-refractivity contribution in [3.05, 3.63) is 65.7 Å². The molecule has 34 heavy (non-hydrogen) atoms. The maximum atomic E-state index is 12.7. The summed E-state index contributed by atoms with van der Waals surface area (Å²) in [4.78, 5) is 35.4. The Labute approximate surface area is 198 Å². The summed E-state index contributed by atoms with van der Waals surface area (Å²) in [5, 5.41) is 21.5. The van der Waals surface area contributed by atoms with Gasteiger partial charge in [-0.2, -0.15) is 0 Å². The second-order valence-electron chi connectivity index (χ2n) is 8.38. The molecule has 4 N–H and O–H groups in total. The molecule has 0 saturated heterocycles. The van der Waals surface area contributed by atoms with Crippen molar-refractivity contribution in [2.75, 3.05) is 12.4 Å². The normalized spacial score (nSPS) is 12.1. The van der Waals surface area contributed by atoms with Gasteiger partial charge in [0.15, 0.2) is 17.3 Å². The molecule has 0 spiro atoms. The molecule has 2 rings (SSSR count). The molecule has 0 radical (unpaired) electrons. The third kappa shape index (κ3) is 7.35. The number of hydrogen-bond donors (Lipinski definition) is 4. The van der Waals surface area contributed by atoms with E-state index in [0.717, 1.165) is 0 Å². The first kappa shape index (κ1) is 26.4. The molecular formula is C25H30N2O7. The number of Topliss-reactive ketones (excluding diaryl/α,β-unsaturated/α-hetero) is 1. The zero-order chi connectivity index (χ0) is 25.3. The van der Waals surface area contributed by atoms with Crippen LogP contribution in [0, 0.1) is 5.41 Å². The Morgan fingerprint density at radius 2 is 1.79 bits per heavy atom. The van der Waals surface area contributed by atoms with Crippen molar-refractivity contribution in [2.24, 2.45) is 5.41 Å². The Morgan fingerprint density at radius 3 is 2.35 bits per heavy atom. The van der Waals surface area contributed by atoms with Crippen LogP contribution >= 0.6 is 0 Å². The number of hydroxylamine groups is 1. The minimum atomic E-state index is -0.763. The molecule has 0 bridgehead atoms. The van der Waals surface area contributed by atoms with E-state index < -0.39 is 23.5 Å². The Hall–Kier alpha value is -3.85. The average molecular weight is 471 g/mol. The fraction of sp³-hybridized carbons (Fsp3) is 0.320. The van der Waals surface area contributed by atoms with Gasteiger partial charge in [0.1, 0.15) is 6.10 Å². The molecule has 0 fully saturated rings. The minimum absolute atomic E-state index is 0.0826. The second kappa shape index (κ2) is 11.9.